The molecule has 44 valence electrons. The molecule has 0 aromatic carbocycles. The van der Waals surface area contributed by atoms with Crippen LogP contribution in [-0.2, 0) is 9.47 Å². The lowest BCUT2D eigenvalue weighted by Crippen LogP contribution is -2.10. The fourth-order valence-electron chi connectivity index (χ4n) is 1.65. The maximum atomic E-state index is 5.30. The van der Waals surface area contributed by atoms with Gasteiger partial charge >= 0.3 is 0 Å². The van der Waals surface area contributed by atoms with Gasteiger partial charge in [0.2, 0.25) is 0 Å². The van der Waals surface area contributed by atoms with Gasteiger partial charge in [0.15, 0.2) is 0 Å². The second kappa shape index (κ2) is 0.957. The van der Waals surface area contributed by atoms with E-state index in [4.69, 9.17) is 9.47 Å². The van der Waals surface area contributed by atoms with Crippen LogP contribution in [0.1, 0.15) is 12.8 Å². The van der Waals surface area contributed by atoms with Crippen LogP contribution in [0.5, 0.6) is 0 Å². The highest BCUT2D eigenvalue weighted by Crippen LogP contribution is 2.46. The summed E-state index contributed by atoms with van der Waals surface area (Å²) in [6.45, 7) is 0. The van der Waals surface area contributed by atoms with Crippen LogP contribution in [0.25, 0.3) is 0 Å². The van der Waals surface area contributed by atoms with Crippen LogP contribution in [0.3, 0.4) is 0 Å². The molecule has 0 unspecified atom stereocenters. The van der Waals surface area contributed by atoms with Crippen molar-refractivity contribution in [1.82, 2.24) is 0 Å². The van der Waals surface area contributed by atoms with Crippen LogP contribution >= 0.6 is 0 Å². The van der Waals surface area contributed by atoms with Crippen molar-refractivity contribution in [1.29, 1.82) is 0 Å². The number of hydrogen-bond donors (Lipinski definition) is 0. The second-order valence-corrected chi connectivity index (χ2v) is 2.90. The molecule has 1 aliphatic carbocycles. The summed E-state index contributed by atoms with van der Waals surface area (Å²) in [5.41, 5.74) is 0. The molecule has 1 saturated carbocycles. The predicted octanol–water partition coefficient (Wildman–Crippen LogP) is 0.315. The second-order valence-electron chi connectivity index (χ2n) is 2.90. The maximum Gasteiger partial charge on any atom is 0.0868 e. The third kappa shape index (κ3) is 0.361. The Morgan fingerprint density at radius 3 is 1.50 bits per heavy atom. The van der Waals surface area contributed by atoms with Gasteiger partial charge in [-0.3, -0.25) is 0 Å². The molecule has 8 heavy (non-hydrogen) atoms. The van der Waals surface area contributed by atoms with Crippen LogP contribution in [0.4, 0.5) is 0 Å². The molecular weight excluding hydrogens is 104 g/mol. The van der Waals surface area contributed by atoms with Crippen LogP contribution in [0.2, 0.25) is 0 Å². The van der Waals surface area contributed by atoms with Crippen LogP contribution < -0.4 is 0 Å². The van der Waals surface area contributed by atoms with Crippen LogP contribution in [0, 0.1) is 0 Å². The Kier molecular flexibility index (Phi) is 0.461. The van der Waals surface area contributed by atoms with Gasteiger partial charge in [0.25, 0.3) is 0 Å². The lowest BCUT2D eigenvalue weighted by atomic mass is 10.0. The Morgan fingerprint density at radius 1 is 0.750 bits per heavy atom. The summed E-state index contributed by atoms with van der Waals surface area (Å²) >= 11 is 0. The Balaban J connectivity index is 1.85. The summed E-state index contributed by atoms with van der Waals surface area (Å²) < 4.78 is 10.6. The van der Waals surface area contributed by atoms with Crippen LogP contribution in [0.15, 0.2) is 0 Å². The molecule has 0 aromatic rings. The first-order valence-electron chi connectivity index (χ1n) is 3.24. The normalized spacial score (nSPS) is 66.0. The molecule has 2 aliphatic heterocycles. The Hall–Kier alpha value is -0.0800. The van der Waals surface area contributed by atoms with Crippen molar-refractivity contribution < 1.29 is 9.47 Å². The van der Waals surface area contributed by atoms with Crippen molar-refractivity contribution in [3.8, 4) is 0 Å². The van der Waals surface area contributed by atoms with Gasteiger partial charge in [-0.1, -0.05) is 0 Å². The van der Waals surface area contributed by atoms with Crippen molar-refractivity contribution in [2.24, 2.45) is 0 Å². The molecule has 3 rings (SSSR count). The zero-order chi connectivity index (χ0) is 5.14. The SMILES string of the molecule is C1[C@H]2O[C@@H]2C[C@H]2O[C@H]12. The first kappa shape index (κ1) is 3.85. The maximum absolute atomic E-state index is 5.30. The van der Waals surface area contributed by atoms with Gasteiger partial charge in [-0.05, 0) is 0 Å². The molecule has 3 aliphatic rings. The zero-order valence-electron chi connectivity index (χ0n) is 4.54. The van der Waals surface area contributed by atoms with Crippen molar-refractivity contribution >= 4 is 0 Å². The van der Waals surface area contributed by atoms with Crippen molar-refractivity contribution in [3.05, 3.63) is 0 Å². The molecule has 2 heteroatoms. The first-order chi connectivity index (χ1) is 3.93. The predicted molar refractivity (Wildman–Crippen MR) is 26.6 cm³/mol. The summed E-state index contributed by atoms with van der Waals surface area (Å²) in [7, 11) is 0. The molecule has 2 heterocycles. The molecular formula is C6H8O2. The lowest BCUT2D eigenvalue weighted by Gasteiger charge is -1.94. The third-order valence-electron chi connectivity index (χ3n) is 2.30. The minimum absolute atomic E-state index is 0.596. The molecule has 0 bridgehead atoms. The molecule has 0 radical (unpaired) electrons. The van der Waals surface area contributed by atoms with E-state index in [-0.39, 0.29) is 0 Å². The van der Waals surface area contributed by atoms with E-state index in [1.807, 2.05) is 0 Å². The smallest absolute Gasteiger partial charge is 0.0868 e. The summed E-state index contributed by atoms with van der Waals surface area (Å²) in [6, 6.07) is 0. The van der Waals surface area contributed by atoms with Gasteiger partial charge in [0.1, 0.15) is 0 Å². The number of epoxide rings is 2. The monoisotopic (exact) mass is 112 g/mol. The molecule has 4 atom stereocenters. The average molecular weight is 112 g/mol. The van der Waals surface area contributed by atoms with Crippen LogP contribution in [-0.4, -0.2) is 24.4 Å². The number of ether oxygens (including phenoxy) is 2. The van der Waals surface area contributed by atoms with Gasteiger partial charge < -0.3 is 9.47 Å². The van der Waals surface area contributed by atoms with Gasteiger partial charge in [0, 0.05) is 12.8 Å². The summed E-state index contributed by atoms with van der Waals surface area (Å²) in [6.07, 6.45) is 4.74. The molecule has 2 saturated heterocycles. The summed E-state index contributed by atoms with van der Waals surface area (Å²) in [5.74, 6) is 0. The van der Waals surface area contributed by atoms with E-state index < -0.39 is 0 Å². The van der Waals surface area contributed by atoms with E-state index in [1.165, 1.54) is 12.8 Å². The fourth-order valence-corrected chi connectivity index (χ4v) is 1.65. The Labute approximate surface area is 47.8 Å². The van der Waals surface area contributed by atoms with E-state index in [2.05, 4.69) is 0 Å². The van der Waals surface area contributed by atoms with E-state index in [0.717, 1.165) is 0 Å². The molecule has 3 fully saturated rings. The van der Waals surface area contributed by atoms with E-state index >= 15 is 0 Å². The zero-order valence-corrected chi connectivity index (χ0v) is 4.54. The third-order valence-corrected chi connectivity index (χ3v) is 2.30. The van der Waals surface area contributed by atoms with Crippen molar-refractivity contribution in [2.45, 2.75) is 37.3 Å². The number of fused-ring (bicyclic) bond motifs is 2. The molecule has 2 nitrogen and oxygen atoms in total. The van der Waals surface area contributed by atoms with E-state index in [9.17, 15) is 0 Å². The Morgan fingerprint density at radius 2 is 1.12 bits per heavy atom. The summed E-state index contributed by atoms with van der Waals surface area (Å²) in [5, 5.41) is 0. The van der Waals surface area contributed by atoms with Gasteiger partial charge in [-0.2, -0.15) is 0 Å². The minimum atomic E-state index is 0.596. The highest BCUT2D eigenvalue weighted by Gasteiger charge is 2.56. The largest absolute Gasteiger partial charge is 0.369 e. The molecule has 0 aromatic heterocycles. The quantitative estimate of drug-likeness (QED) is 0.421. The number of rotatable bonds is 0. The minimum Gasteiger partial charge on any atom is -0.369 e. The van der Waals surface area contributed by atoms with Gasteiger partial charge in [-0.15, -0.1) is 0 Å². The van der Waals surface area contributed by atoms with Gasteiger partial charge in [-0.25, -0.2) is 0 Å². The molecule has 0 amide bonds. The molecule has 0 spiro atoms. The topological polar surface area (TPSA) is 25.1 Å². The highest BCUT2D eigenvalue weighted by molar-refractivity contribution is 5.03. The average Bonchev–Trinajstić information content (AvgIpc) is 2.45. The van der Waals surface area contributed by atoms with E-state index in [0.29, 0.717) is 24.4 Å². The standard InChI is InChI=1S/C6H8O2/c1-3-5(7-3)2-6-4(1)8-6/h3-6H,1-2H2/t3-,4-,5-,6-/m1/s1. The number of hydrogen-bond acceptors (Lipinski definition) is 2. The van der Waals surface area contributed by atoms with Gasteiger partial charge in [0.05, 0.1) is 24.4 Å². The van der Waals surface area contributed by atoms with Crippen molar-refractivity contribution in [2.75, 3.05) is 0 Å². The Bertz CT molecular complexity index is 106. The van der Waals surface area contributed by atoms with Crippen molar-refractivity contribution in [3.63, 3.8) is 0 Å². The highest BCUT2D eigenvalue weighted by atomic mass is 16.6. The van der Waals surface area contributed by atoms with E-state index in [1.54, 1.807) is 0 Å². The molecule has 0 N–H and O–H groups in total. The summed E-state index contributed by atoms with van der Waals surface area (Å²) in [4.78, 5) is 0. The first-order valence-corrected chi connectivity index (χ1v) is 3.24. The lowest BCUT2D eigenvalue weighted by molar-refractivity contribution is 0.295. The fraction of sp³-hybridized carbons (Fsp3) is 1.00.